The summed E-state index contributed by atoms with van der Waals surface area (Å²) in [6.07, 6.45) is 1.10. The van der Waals surface area contributed by atoms with Crippen LogP contribution in [-0.2, 0) is 6.54 Å². The Morgan fingerprint density at radius 3 is 2.55 bits per heavy atom. The summed E-state index contributed by atoms with van der Waals surface area (Å²) in [5.74, 6) is 0. The zero-order valence-electron chi connectivity index (χ0n) is 13.1. The Morgan fingerprint density at radius 2 is 2.00 bits per heavy atom. The van der Waals surface area contributed by atoms with E-state index >= 15 is 0 Å². The Balaban J connectivity index is 2.83. The van der Waals surface area contributed by atoms with Crippen LogP contribution in [0.5, 0.6) is 0 Å². The van der Waals surface area contributed by atoms with Crippen molar-refractivity contribution < 1.29 is 0 Å². The van der Waals surface area contributed by atoms with Crippen LogP contribution in [-0.4, -0.2) is 45.7 Å². The van der Waals surface area contributed by atoms with Gasteiger partial charge in [-0.15, -0.1) is 0 Å². The summed E-state index contributed by atoms with van der Waals surface area (Å²) >= 11 is 0. The fourth-order valence-electron chi connectivity index (χ4n) is 2.29. The fraction of sp³-hybridized carbons (Fsp3) is 0.562. The average molecular weight is 274 g/mol. The largest absolute Gasteiger partial charge is 0.371 e. The molecule has 4 heteroatoms. The van der Waals surface area contributed by atoms with Crippen molar-refractivity contribution in [2.24, 2.45) is 0 Å². The molecule has 0 aromatic heterocycles. The summed E-state index contributed by atoms with van der Waals surface area (Å²) in [4.78, 5) is 4.47. The topological polar surface area (TPSA) is 42.3 Å². The van der Waals surface area contributed by atoms with Gasteiger partial charge in [0.1, 0.15) is 6.07 Å². The molecular formula is C16H26N4. The van der Waals surface area contributed by atoms with Crippen LogP contribution in [0.2, 0.25) is 0 Å². The van der Waals surface area contributed by atoms with Gasteiger partial charge in [-0.2, -0.15) is 5.26 Å². The minimum absolute atomic E-state index is 0.768. The highest BCUT2D eigenvalue weighted by atomic mass is 15.1. The van der Waals surface area contributed by atoms with Gasteiger partial charge in [0.2, 0.25) is 0 Å². The van der Waals surface area contributed by atoms with E-state index in [9.17, 15) is 5.26 Å². The van der Waals surface area contributed by atoms with Crippen molar-refractivity contribution >= 4 is 5.69 Å². The number of nitrogens with zero attached hydrogens (tertiary/aromatic N) is 3. The molecule has 0 radical (unpaired) electrons. The Hall–Kier alpha value is -1.57. The molecule has 1 N–H and O–H groups in total. The van der Waals surface area contributed by atoms with Gasteiger partial charge in [-0.1, -0.05) is 6.07 Å². The first-order valence-electron chi connectivity index (χ1n) is 7.19. The molecule has 0 amide bonds. The predicted molar refractivity (Wildman–Crippen MR) is 85.0 cm³/mol. The third kappa shape index (κ3) is 4.84. The minimum atomic E-state index is 0.768. The number of hydrogen-bond donors (Lipinski definition) is 1. The number of nitriles is 1. The van der Waals surface area contributed by atoms with E-state index in [1.165, 1.54) is 0 Å². The third-order valence-corrected chi connectivity index (χ3v) is 3.32. The summed E-state index contributed by atoms with van der Waals surface area (Å²) in [5.41, 5.74) is 2.97. The Morgan fingerprint density at radius 1 is 1.25 bits per heavy atom. The molecule has 0 saturated carbocycles. The van der Waals surface area contributed by atoms with Crippen molar-refractivity contribution in [1.82, 2.24) is 10.2 Å². The maximum atomic E-state index is 9.36. The number of anilines is 1. The van der Waals surface area contributed by atoms with E-state index in [4.69, 9.17) is 0 Å². The lowest BCUT2D eigenvalue weighted by molar-refractivity contribution is 0.400. The lowest BCUT2D eigenvalue weighted by atomic mass is 10.1. The molecule has 1 aromatic carbocycles. The standard InChI is InChI=1S/C16H26N4/c1-5-20(10-6-9-19(3)4)16-8-7-14(13-18-2)11-15(16)12-17/h7-8,11,18H,5-6,9-10,13H2,1-4H3. The van der Waals surface area contributed by atoms with Crippen molar-refractivity contribution in [3.05, 3.63) is 29.3 Å². The normalized spacial score (nSPS) is 10.6. The van der Waals surface area contributed by atoms with Crippen LogP contribution in [0.15, 0.2) is 18.2 Å². The quantitative estimate of drug-likeness (QED) is 0.788. The molecule has 110 valence electrons. The van der Waals surface area contributed by atoms with Gasteiger partial charge >= 0.3 is 0 Å². The number of benzene rings is 1. The van der Waals surface area contributed by atoms with Crippen molar-refractivity contribution in [3.63, 3.8) is 0 Å². The zero-order valence-corrected chi connectivity index (χ0v) is 13.1. The molecule has 1 aromatic rings. The van der Waals surface area contributed by atoms with Crippen LogP contribution >= 0.6 is 0 Å². The summed E-state index contributed by atoms with van der Waals surface area (Å²) in [5, 5.41) is 12.5. The molecule has 20 heavy (non-hydrogen) atoms. The summed E-state index contributed by atoms with van der Waals surface area (Å²) in [6.45, 7) is 5.90. The van der Waals surface area contributed by atoms with Gasteiger partial charge in [0.15, 0.2) is 0 Å². The maximum absolute atomic E-state index is 9.36. The van der Waals surface area contributed by atoms with E-state index in [-0.39, 0.29) is 0 Å². The monoisotopic (exact) mass is 274 g/mol. The first-order chi connectivity index (χ1) is 9.62. The van der Waals surface area contributed by atoms with Crippen LogP contribution in [0, 0.1) is 11.3 Å². The minimum Gasteiger partial charge on any atom is -0.371 e. The smallest absolute Gasteiger partial charge is 0.101 e. The van der Waals surface area contributed by atoms with Crippen molar-refractivity contribution in [2.75, 3.05) is 45.7 Å². The molecule has 0 aliphatic rings. The van der Waals surface area contributed by atoms with E-state index in [1.54, 1.807) is 0 Å². The first-order valence-corrected chi connectivity index (χ1v) is 7.19. The molecule has 0 atom stereocenters. The molecule has 0 aliphatic heterocycles. The van der Waals surface area contributed by atoms with Gasteiger partial charge in [0.25, 0.3) is 0 Å². The summed E-state index contributed by atoms with van der Waals surface area (Å²) in [6, 6.07) is 8.49. The van der Waals surface area contributed by atoms with Crippen LogP contribution in [0.25, 0.3) is 0 Å². The van der Waals surface area contributed by atoms with Gasteiger partial charge < -0.3 is 15.1 Å². The molecule has 0 heterocycles. The number of hydrogen-bond acceptors (Lipinski definition) is 4. The second-order valence-corrected chi connectivity index (χ2v) is 5.23. The molecule has 0 bridgehead atoms. The van der Waals surface area contributed by atoms with Crippen molar-refractivity contribution in [3.8, 4) is 6.07 Å². The van der Waals surface area contributed by atoms with Gasteiger partial charge in [-0.05, 0) is 58.7 Å². The van der Waals surface area contributed by atoms with Gasteiger partial charge in [0, 0.05) is 19.6 Å². The Bertz CT molecular complexity index is 448. The summed E-state index contributed by atoms with van der Waals surface area (Å²) < 4.78 is 0. The highest BCUT2D eigenvalue weighted by Crippen LogP contribution is 2.21. The van der Waals surface area contributed by atoms with Crippen LogP contribution < -0.4 is 10.2 Å². The van der Waals surface area contributed by atoms with E-state index in [0.717, 1.165) is 49.4 Å². The molecule has 0 spiro atoms. The SMILES string of the molecule is CCN(CCCN(C)C)c1ccc(CNC)cc1C#N. The Labute approximate surface area is 123 Å². The van der Waals surface area contributed by atoms with Gasteiger partial charge in [-0.25, -0.2) is 0 Å². The fourth-order valence-corrected chi connectivity index (χ4v) is 2.29. The van der Waals surface area contributed by atoms with Crippen LogP contribution in [0.4, 0.5) is 5.69 Å². The van der Waals surface area contributed by atoms with Gasteiger partial charge in [-0.3, -0.25) is 0 Å². The number of nitrogens with one attached hydrogen (secondary N) is 1. The highest BCUT2D eigenvalue weighted by molar-refractivity contribution is 5.60. The predicted octanol–water partition coefficient (Wildman–Crippen LogP) is 2.06. The molecule has 1 rings (SSSR count). The van der Waals surface area contributed by atoms with E-state index < -0.39 is 0 Å². The van der Waals surface area contributed by atoms with Crippen LogP contribution in [0.1, 0.15) is 24.5 Å². The highest BCUT2D eigenvalue weighted by Gasteiger charge is 2.10. The van der Waals surface area contributed by atoms with E-state index in [0.29, 0.717) is 0 Å². The molecule has 0 unspecified atom stereocenters. The third-order valence-electron chi connectivity index (χ3n) is 3.32. The van der Waals surface area contributed by atoms with E-state index in [2.05, 4.69) is 54.3 Å². The second-order valence-electron chi connectivity index (χ2n) is 5.23. The zero-order chi connectivity index (χ0) is 15.0. The molecule has 0 saturated heterocycles. The molecule has 4 nitrogen and oxygen atoms in total. The maximum Gasteiger partial charge on any atom is 0.101 e. The molecule has 0 aliphatic carbocycles. The lowest BCUT2D eigenvalue weighted by Gasteiger charge is -2.25. The van der Waals surface area contributed by atoms with Crippen molar-refractivity contribution in [1.29, 1.82) is 5.26 Å². The summed E-state index contributed by atoms with van der Waals surface area (Å²) in [7, 11) is 6.09. The Kier molecular flexibility index (Phi) is 7.06. The first kappa shape index (κ1) is 16.5. The molecule has 0 fully saturated rings. The number of rotatable bonds is 8. The molecular weight excluding hydrogens is 248 g/mol. The average Bonchev–Trinajstić information content (AvgIpc) is 2.44. The van der Waals surface area contributed by atoms with Gasteiger partial charge in [0.05, 0.1) is 11.3 Å². The van der Waals surface area contributed by atoms with Crippen molar-refractivity contribution in [2.45, 2.75) is 19.9 Å². The van der Waals surface area contributed by atoms with Crippen LogP contribution in [0.3, 0.4) is 0 Å². The lowest BCUT2D eigenvalue weighted by Crippen LogP contribution is -2.27. The van der Waals surface area contributed by atoms with E-state index in [1.807, 2.05) is 13.1 Å². The second kappa shape index (κ2) is 8.57.